The van der Waals surface area contributed by atoms with Gasteiger partial charge in [-0.3, -0.25) is 14.9 Å². The number of esters is 1. The Labute approximate surface area is 113 Å². The number of non-ortho nitro benzene ring substituents is 1. The number of hydrogen-bond donors (Lipinski definition) is 0. The van der Waals surface area contributed by atoms with Gasteiger partial charge in [0.05, 0.1) is 4.92 Å². The van der Waals surface area contributed by atoms with Crippen molar-refractivity contribution in [3.8, 4) is 5.75 Å². The summed E-state index contributed by atoms with van der Waals surface area (Å²) < 4.78 is 4.69. The highest BCUT2D eigenvalue weighted by Crippen LogP contribution is 2.17. The highest BCUT2D eigenvalue weighted by atomic mass is 16.6. The zero-order chi connectivity index (χ0) is 13.4. The summed E-state index contributed by atoms with van der Waals surface area (Å²) in [7, 11) is 0. The van der Waals surface area contributed by atoms with Crippen LogP contribution < -0.4 is 4.74 Å². The smallest absolute Gasteiger partial charge is 0.308 e. The third-order valence-corrected chi connectivity index (χ3v) is 1.31. The molecule has 6 heteroatoms. The van der Waals surface area contributed by atoms with Crippen molar-refractivity contribution in [2.45, 2.75) is 35.6 Å². The molecule has 0 N–H and O–H groups in total. The third kappa shape index (κ3) is 12.0. The lowest BCUT2D eigenvalue weighted by atomic mass is 10.3. The fraction of sp³-hybridized carbons (Fsp3) is 0.385. The molecular formula is C13H21NO5. The highest BCUT2D eigenvalue weighted by molar-refractivity contribution is 5.72. The van der Waals surface area contributed by atoms with Crippen LogP contribution >= 0.6 is 0 Å². The molecule has 0 aliphatic heterocycles. The van der Waals surface area contributed by atoms with E-state index >= 15 is 0 Å². The summed E-state index contributed by atoms with van der Waals surface area (Å²) in [6, 6.07) is 5.30. The van der Waals surface area contributed by atoms with E-state index in [9.17, 15) is 19.7 Å². The van der Waals surface area contributed by atoms with Gasteiger partial charge in [-0.25, -0.2) is 0 Å². The molecular weight excluding hydrogens is 250 g/mol. The molecule has 0 spiro atoms. The maximum Gasteiger partial charge on any atom is 0.308 e. The Balaban J connectivity index is -0.000000379. The Morgan fingerprint density at radius 3 is 1.68 bits per heavy atom. The minimum Gasteiger partial charge on any atom is -0.427 e. The number of carbonyl (C=O) groups excluding carboxylic acids is 2. The number of Topliss-reactive ketones (excluding diaryl/α,β-unsaturated/α-hetero) is 1. The van der Waals surface area contributed by atoms with E-state index in [1.807, 2.05) is 0 Å². The van der Waals surface area contributed by atoms with Crippen LogP contribution in [0, 0.1) is 10.1 Å². The van der Waals surface area contributed by atoms with E-state index in [0.29, 0.717) is 5.75 Å². The second-order valence-electron chi connectivity index (χ2n) is 3.25. The molecule has 0 aromatic heterocycles. The highest BCUT2D eigenvalue weighted by Gasteiger charge is 2.04. The molecule has 0 radical (unpaired) electrons. The fourth-order valence-electron chi connectivity index (χ4n) is 0.802. The number of nitro benzene ring substituents is 1. The summed E-state index contributed by atoms with van der Waals surface area (Å²) in [5.41, 5.74) is -0.0316. The van der Waals surface area contributed by atoms with Crippen molar-refractivity contribution in [2.75, 3.05) is 0 Å². The Hall–Kier alpha value is -2.24. The van der Waals surface area contributed by atoms with Crippen LogP contribution in [0.5, 0.6) is 5.75 Å². The Morgan fingerprint density at radius 2 is 1.42 bits per heavy atom. The minimum atomic E-state index is -0.516. The summed E-state index contributed by atoms with van der Waals surface area (Å²) in [5, 5.41) is 10.2. The number of nitro groups is 1. The van der Waals surface area contributed by atoms with Crippen LogP contribution in [0.25, 0.3) is 0 Å². The van der Waals surface area contributed by atoms with Crippen molar-refractivity contribution in [3.05, 3.63) is 34.4 Å². The maximum absolute atomic E-state index is 10.5. The molecule has 19 heavy (non-hydrogen) atoms. The predicted octanol–water partition coefficient (Wildman–Crippen LogP) is 3.39. The first-order valence-corrected chi connectivity index (χ1v) is 4.73. The molecule has 0 bridgehead atoms. The Kier molecular flexibility index (Phi) is 12.6. The topological polar surface area (TPSA) is 86.5 Å². The zero-order valence-electron chi connectivity index (χ0n) is 9.80. The van der Waals surface area contributed by atoms with Crippen molar-refractivity contribution >= 4 is 17.4 Å². The number of ether oxygens (including phenoxy) is 1. The molecule has 0 fully saturated rings. The largest absolute Gasteiger partial charge is 0.427 e. The first-order valence-electron chi connectivity index (χ1n) is 4.73. The van der Waals surface area contributed by atoms with Crippen LogP contribution in [-0.2, 0) is 9.59 Å². The van der Waals surface area contributed by atoms with Crippen LogP contribution in [0.2, 0.25) is 0 Å². The summed E-state index contributed by atoms with van der Waals surface area (Å²) in [5.74, 6) is 0.0203. The molecule has 0 saturated heterocycles. The van der Waals surface area contributed by atoms with E-state index in [1.54, 1.807) is 0 Å². The van der Waals surface area contributed by atoms with Crippen molar-refractivity contribution in [1.29, 1.82) is 0 Å². The average molecular weight is 271 g/mol. The van der Waals surface area contributed by atoms with E-state index in [1.165, 1.54) is 45.0 Å². The van der Waals surface area contributed by atoms with Crippen LogP contribution in [0.3, 0.4) is 0 Å². The Bertz CT molecular complexity index is 408. The normalized spacial score (nSPS) is 7.74. The quantitative estimate of drug-likeness (QED) is 0.356. The van der Waals surface area contributed by atoms with Gasteiger partial charge < -0.3 is 9.53 Å². The average Bonchev–Trinajstić information content (AvgIpc) is 2.16. The van der Waals surface area contributed by atoms with E-state index in [4.69, 9.17) is 0 Å². The molecule has 1 aromatic rings. The van der Waals surface area contributed by atoms with Crippen LogP contribution in [0.1, 0.15) is 35.6 Å². The molecule has 6 nitrogen and oxygen atoms in total. The van der Waals surface area contributed by atoms with Gasteiger partial charge in [0.15, 0.2) is 0 Å². The number of rotatable bonds is 2. The second kappa shape index (κ2) is 10.9. The lowest BCUT2D eigenvalue weighted by molar-refractivity contribution is -0.384. The van der Waals surface area contributed by atoms with Gasteiger partial charge in [-0.2, -0.15) is 0 Å². The van der Waals surface area contributed by atoms with Crippen molar-refractivity contribution in [2.24, 2.45) is 0 Å². The van der Waals surface area contributed by atoms with Gasteiger partial charge >= 0.3 is 5.97 Å². The minimum absolute atomic E-state index is 0. The number of benzene rings is 1. The van der Waals surface area contributed by atoms with E-state index < -0.39 is 10.9 Å². The van der Waals surface area contributed by atoms with Crippen LogP contribution in [0.15, 0.2) is 24.3 Å². The standard InChI is InChI=1S/C8H7NO4.C3H6O.2CH4/c1-6(10)13-8-4-2-7(3-5-8)9(11)12;1-3(2)4;;/h2-5H,1H3;1-2H3;2*1H4. The number of hydrogen-bond acceptors (Lipinski definition) is 5. The molecule has 0 amide bonds. The number of carbonyl (C=O) groups is 2. The summed E-state index contributed by atoms with van der Waals surface area (Å²) in [6.07, 6.45) is 0. The molecule has 1 aromatic carbocycles. The molecule has 0 aliphatic rings. The lowest BCUT2D eigenvalue weighted by Gasteiger charge is -1.98. The van der Waals surface area contributed by atoms with Gasteiger partial charge in [0.2, 0.25) is 0 Å². The van der Waals surface area contributed by atoms with Gasteiger partial charge in [0.1, 0.15) is 11.5 Å². The van der Waals surface area contributed by atoms with Crippen molar-refractivity contribution in [3.63, 3.8) is 0 Å². The molecule has 0 aliphatic carbocycles. The number of ketones is 1. The first kappa shape index (κ1) is 22.0. The van der Waals surface area contributed by atoms with E-state index in [0.717, 1.165) is 0 Å². The van der Waals surface area contributed by atoms with Gasteiger partial charge in [-0.05, 0) is 26.0 Å². The lowest BCUT2D eigenvalue weighted by Crippen LogP contribution is -2.01. The second-order valence-corrected chi connectivity index (χ2v) is 3.25. The zero-order valence-corrected chi connectivity index (χ0v) is 9.80. The van der Waals surface area contributed by atoms with Crippen LogP contribution in [-0.4, -0.2) is 16.7 Å². The fourth-order valence-corrected chi connectivity index (χ4v) is 0.802. The Morgan fingerprint density at radius 1 is 1.05 bits per heavy atom. The first-order chi connectivity index (χ1) is 7.82. The molecule has 0 atom stereocenters. The molecule has 1 rings (SSSR count). The van der Waals surface area contributed by atoms with E-state index in [2.05, 4.69) is 4.74 Å². The third-order valence-electron chi connectivity index (χ3n) is 1.31. The SMILES string of the molecule is C.C.CC(=O)Oc1ccc([N+](=O)[O-])cc1.CC(C)=O. The summed E-state index contributed by atoms with van der Waals surface area (Å²) in [4.78, 5) is 29.6. The summed E-state index contributed by atoms with van der Waals surface area (Å²) in [6.45, 7) is 4.32. The van der Waals surface area contributed by atoms with Gasteiger partial charge in [0.25, 0.3) is 5.69 Å². The summed E-state index contributed by atoms with van der Waals surface area (Å²) >= 11 is 0. The molecule has 0 heterocycles. The maximum atomic E-state index is 10.5. The molecule has 0 saturated carbocycles. The van der Waals surface area contributed by atoms with Gasteiger partial charge in [0, 0.05) is 19.1 Å². The van der Waals surface area contributed by atoms with Crippen molar-refractivity contribution < 1.29 is 19.2 Å². The molecule has 108 valence electrons. The van der Waals surface area contributed by atoms with Crippen LogP contribution in [0.4, 0.5) is 5.69 Å². The van der Waals surface area contributed by atoms with Gasteiger partial charge in [-0.15, -0.1) is 0 Å². The van der Waals surface area contributed by atoms with Crippen molar-refractivity contribution in [1.82, 2.24) is 0 Å². The van der Waals surface area contributed by atoms with E-state index in [-0.39, 0.29) is 26.3 Å². The predicted molar refractivity (Wildman–Crippen MR) is 74.2 cm³/mol. The number of nitrogens with zero attached hydrogens (tertiary/aromatic N) is 1. The van der Waals surface area contributed by atoms with Gasteiger partial charge in [-0.1, -0.05) is 14.9 Å². The monoisotopic (exact) mass is 271 g/mol. The molecule has 0 unspecified atom stereocenters.